The molecule has 152 valence electrons. The van der Waals surface area contributed by atoms with Gasteiger partial charge in [-0.15, -0.1) is 11.3 Å². The van der Waals surface area contributed by atoms with Gasteiger partial charge in [-0.3, -0.25) is 4.79 Å². The average molecular weight is 420 g/mol. The number of aromatic nitrogens is 1. The van der Waals surface area contributed by atoms with Gasteiger partial charge in [0.2, 0.25) is 0 Å². The van der Waals surface area contributed by atoms with E-state index in [4.69, 9.17) is 19.9 Å². The van der Waals surface area contributed by atoms with Gasteiger partial charge >= 0.3 is 0 Å². The molecule has 3 N–H and O–H groups in total. The molecule has 0 unspecified atom stereocenters. The number of carbonyl (C=O) groups excluding carboxylic acids is 1. The van der Waals surface area contributed by atoms with Crippen LogP contribution in [0, 0.1) is 0 Å². The van der Waals surface area contributed by atoms with Crippen molar-refractivity contribution in [2.45, 2.75) is 25.7 Å². The van der Waals surface area contributed by atoms with Crippen LogP contribution < -0.4 is 15.8 Å². The number of carbonyl (C=O) groups is 1. The molecule has 0 aliphatic heterocycles. The summed E-state index contributed by atoms with van der Waals surface area (Å²) >= 11 is 1.32. The van der Waals surface area contributed by atoms with E-state index in [1.54, 1.807) is 19.4 Å². The number of hydrogen-bond acceptors (Lipinski definition) is 6. The molecule has 0 fully saturated rings. The predicted octanol–water partition coefficient (Wildman–Crippen LogP) is 5.28. The molecule has 3 aromatic heterocycles. The number of methoxy groups -OCH3 is 1. The Labute approximate surface area is 177 Å². The Balaban J connectivity index is 1.63. The van der Waals surface area contributed by atoms with Crippen LogP contribution >= 0.6 is 11.3 Å². The van der Waals surface area contributed by atoms with Crippen molar-refractivity contribution in [1.82, 2.24) is 4.98 Å². The zero-order chi connectivity index (χ0) is 20.7. The van der Waals surface area contributed by atoms with Gasteiger partial charge in [-0.25, -0.2) is 4.98 Å². The van der Waals surface area contributed by atoms with Crippen LogP contribution in [0.3, 0.4) is 0 Å². The van der Waals surface area contributed by atoms with Crippen LogP contribution in [-0.4, -0.2) is 18.0 Å². The summed E-state index contributed by atoms with van der Waals surface area (Å²) in [7, 11) is 1.59. The summed E-state index contributed by atoms with van der Waals surface area (Å²) in [6, 6.07) is 11.1. The first-order valence-electron chi connectivity index (χ1n) is 9.88. The number of nitrogens with one attached hydrogen (secondary N) is 1. The summed E-state index contributed by atoms with van der Waals surface area (Å²) in [5.41, 5.74) is 10.9. The van der Waals surface area contributed by atoms with E-state index in [9.17, 15) is 4.79 Å². The number of amides is 1. The van der Waals surface area contributed by atoms with Crippen molar-refractivity contribution in [3.8, 4) is 17.1 Å². The van der Waals surface area contributed by atoms with E-state index in [0.29, 0.717) is 22.0 Å². The number of rotatable bonds is 4. The van der Waals surface area contributed by atoms with Gasteiger partial charge in [0.15, 0.2) is 0 Å². The fourth-order valence-corrected chi connectivity index (χ4v) is 5.08. The van der Waals surface area contributed by atoms with E-state index >= 15 is 0 Å². The summed E-state index contributed by atoms with van der Waals surface area (Å²) in [6.45, 7) is 0. The average Bonchev–Trinajstić information content (AvgIpc) is 3.41. The van der Waals surface area contributed by atoms with Crippen molar-refractivity contribution in [3.63, 3.8) is 0 Å². The minimum absolute atomic E-state index is 0.257. The Morgan fingerprint density at radius 3 is 2.90 bits per heavy atom. The molecule has 1 aromatic carbocycles. The number of fused-ring (bicyclic) bond motifs is 2. The largest absolute Gasteiger partial charge is 0.497 e. The first-order valence-corrected chi connectivity index (χ1v) is 10.7. The monoisotopic (exact) mass is 419 g/mol. The molecule has 1 amide bonds. The number of nitrogen functional groups attached to an aromatic ring is 1. The third-order valence-corrected chi connectivity index (χ3v) is 6.55. The predicted molar refractivity (Wildman–Crippen MR) is 119 cm³/mol. The lowest BCUT2D eigenvalue weighted by Crippen LogP contribution is -2.12. The van der Waals surface area contributed by atoms with Crippen molar-refractivity contribution >= 4 is 38.8 Å². The van der Waals surface area contributed by atoms with Crippen LogP contribution in [0.15, 0.2) is 47.1 Å². The molecule has 4 aromatic rings. The summed E-state index contributed by atoms with van der Waals surface area (Å²) in [4.78, 5) is 19.2. The smallest absolute Gasteiger partial charge is 0.267 e. The van der Waals surface area contributed by atoms with Crippen molar-refractivity contribution in [3.05, 3.63) is 58.8 Å². The van der Waals surface area contributed by atoms with Crippen molar-refractivity contribution in [2.75, 3.05) is 18.2 Å². The Bertz CT molecular complexity index is 1240. The number of anilines is 2. The summed E-state index contributed by atoms with van der Waals surface area (Å²) in [5, 5.41) is 3.73. The van der Waals surface area contributed by atoms with Crippen molar-refractivity contribution in [2.24, 2.45) is 0 Å². The number of ether oxygens (including phenoxy) is 1. The molecular weight excluding hydrogens is 398 g/mol. The van der Waals surface area contributed by atoms with E-state index in [1.807, 2.05) is 30.3 Å². The van der Waals surface area contributed by atoms with E-state index < -0.39 is 0 Å². The number of nitrogens with two attached hydrogens (primary N) is 1. The fraction of sp³-hybridized carbons (Fsp3) is 0.217. The molecular formula is C23H21N3O3S. The van der Waals surface area contributed by atoms with Gasteiger partial charge in [-0.05, 0) is 55.5 Å². The summed E-state index contributed by atoms with van der Waals surface area (Å²) in [6.07, 6.45) is 5.76. The molecule has 0 saturated heterocycles. The zero-order valence-corrected chi connectivity index (χ0v) is 17.3. The Morgan fingerprint density at radius 2 is 2.10 bits per heavy atom. The SMILES string of the molecule is COc1cccc(NC(=O)c2sc3nc4c(c(-c5ccco5)c3c2N)CCCC4)c1. The molecule has 0 atom stereocenters. The van der Waals surface area contributed by atoms with Crippen molar-refractivity contribution in [1.29, 1.82) is 0 Å². The van der Waals surface area contributed by atoms with Crippen LogP contribution in [0.25, 0.3) is 21.5 Å². The minimum Gasteiger partial charge on any atom is -0.497 e. The lowest BCUT2D eigenvalue weighted by molar-refractivity contribution is 0.103. The van der Waals surface area contributed by atoms with Crippen molar-refractivity contribution < 1.29 is 13.9 Å². The Kier molecular flexibility index (Phi) is 4.67. The number of aryl methyl sites for hydroxylation is 1. The highest BCUT2D eigenvalue weighted by Crippen LogP contribution is 2.44. The van der Waals surface area contributed by atoms with Gasteiger partial charge in [0.05, 0.1) is 19.1 Å². The molecule has 1 aliphatic carbocycles. The topological polar surface area (TPSA) is 90.4 Å². The quantitative estimate of drug-likeness (QED) is 0.470. The molecule has 0 spiro atoms. The van der Waals surface area contributed by atoms with E-state index in [2.05, 4.69) is 5.32 Å². The van der Waals surface area contributed by atoms with Gasteiger partial charge in [0.1, 0.15) is 21.2 Å². The third kappa shape index (κ3) is 3.11. The first-order chi connectivity index (χ1) is 14.7. The van der Waals surface area contributed by atoms with Crippen LogP contribution in [-0.2, 0) is 12.8 Å². The van der Waals surface area contributed by atoms with E-state index in [-0.39, 0.29) is 5.91 Å². The highest BCUT2D eigenvalue weighted by molar-refractivity contribution is 7.21. The third-order valence-electron chi connectivity index (χ3n) is 5.45. The Hall–Kier alpha value is -3.32. The van der Waals surface area contributed by atoms with E-state index in [0.717, 1.165) is 52.9 Å². The molecule has 7 heteroatoms. The Morgan fingerprint density at radius 1 is 1.23 bits per heavy atom. The van der Waals surface area contributed by atoms with E-state index in [1.165, 1.54) is 16.9 Å². The molecule has 3 heterocycles. The van der Waals surface area contributed by atoms with Crippen LogP contribution in [0.2, 0.25) is 0 Å². The lowest BCUT2D eigenvalue weighted by atomic mass is 9.89. The van der Waals surface area contributed by atoms with Crippen LogP contribution in [0.5, 0.6) is 5.75 Å². The van der Waals surface area contributed by atoms with Gasteiger partial charge in [0, 0.05) is 28.4 Å². The number of nitrogens with zero attached hydrogens (tertiary/aromatic N) is 1. The molecule has 0 bridgehead atoms. The molecule has 30 heavy (non-hydrogen) atoms. The zero-order valence-electron chi connectivity index (χ0n) is 16.5. The maximum Gasteiger partial charge on any atom is 0.267 e. The highest BCUT2D eigenvalue weighted by Gasteiger charge is 2.26. The summed E-state index contributed by atoms with van der Waals surface area (Å²) in [5.74, 6) is 1.18. The maximum absolute atomic E-state index is 13.1. The molecule has 0 saturated carbocycles. The maximum atomic E-state index is 13.1. The first kappa shape index (κ1) is 18.7. The van der Waals surface area contributed by atoms with Crippen LogP contribution in [0.4, 0.5) is 11.4 Å². The normalized spacial score (nSPS) is 13.2. The molecule has 0 radical (unpaired) electrons. The van der Waals surface area contributed by atoms with Gasteiger partial charge in [-0.1, -0.05) is 6.07 Å². The lowest BCUT2D eigenvalue weighted by Gasteiger charge is -2.18. The number of furan rings is 1. The standard InChI is InChI=1S/C23H21N3O3S/c1-28-14-7-4-6-13(12-14)25-22(27)21-20(24)19-18(17-10-5-11-29-17)15-8-2-3-9-16(15)26-23(19)30-21/h4-7,10-12H,2-3,8-9,24H2,1H3,(H,25,27). The van der Waals surface area contributed by atoms with Crippen LogP contribution in [0.1, 0.15) is 33.8 Å². The number of hydrogen-bond donors (Lipinski definition) is 2. The minimum atomic E-state index is -0.257. The van der Waals surface area contributed by atoms with Gasteiger partial charge in [0.25, 0.3) is 5.91 Å². The van der Waals surface area contributed by atoms with Gasteiger partial charge in [-0.2, -0.15) is 0 Å². The molecule has 6 nitrogen and oxygen atoms in total. The summed E-state index contributed by atoms with van der Waals surface area (Å²) < 4.78 is 11.0. The number of thiophene rings is 1. The second-order valence-corrected chi connectivity index (χ2v) is 8.31. The number of benzene rings is 1. The highest BCUT2D eigenvalue weighted by atomic mass is 32.1. The second-order valence-electron chi connectivity index (χ2n) is 7.31. The molecule has 5 rings (SSSR count). The number of pyridine rings is 1. The molecule has 1 aliphatic rings. The fourth-order valence-electron chi connectivity index (χ4n) is 4.06. The van der Waals surface area contributed by atoms with Gasteiger partial charge < -0.3 is 20.2 Å². The second kappa shape index (κ2) is 7.50.